The molecule has 1 aliphatic carbocycles. The van der Waals surface area contributed by atoms with Crippen molar-refractivity contribution in [2.45, 2.75) is 37.0 Å². The van der Waals surface area contributed by atoms with Crippen LogP contribution in [0.2, 0.25) is 0 Å². The maximum absolute atomic E-state index is 12.7. The number of fused-ring (bicyclic) bond motifs is 1. The number of rotatable bonds is 4. The van der Waals surface area contributed by atoms with Gasteiger partial charge in [0.25, 0.3) is 0 Å². The highest BCUT2D eigenvalue weighted by molar-refractivity contribution is 7.89. The Morgan fingerprint density at radius 2 is 1.66 bits per heavy atom. The number of sulfonamides is 1. The zero-order chi connectivity index (χ0) is 20.3. The fourth-order valence-corrected chi connectivity index (χ4v) is 6.17. The number of benzene rings is 1. The van der Waals surface area contributed by atoms with Crippen molar-refractivity contribution in [3.63, 3.8) is 0 Å². The number of hydrogen-bond donors (Lipinski definition) is 0. The first-order valence-electron chi connectivity index (χ1n) is 10.7. The van der Waals surface area contributed by atoms with E-state index in [9.17, 15) is 13.2 Å². The second-order valence-electron chi connectivity index (χ2n) is 8.30. The zero-order valence-corrected chi connectivity index (χ0v) is 17.6. The fourth-order valence-electron chi connectivity index (χ4n) is 4.76. The molecule has 0 N–H and O–H groups in total. The quantitative estimate of drug-likeness (QED) is 0.705. The minimum atomic E-state index is -3.48. The molecule has 29 heavy (non-hydrogen) atoms. The molecule has 1 saturated carbocycles. The number of hydrogen-bond acceptors (Lipinski definition) is 4. The van der Waals surface area contributed by atoms with Gasteiger partial charge in [0, 0.05) is 32.3 Å². The summed E-state index contributed by atoms with van der Waals surface area (Å²) in [6.45, 7) is 3.36. The summed E-state index contributed by atoms with van der Waals surface area (Å²) in [4.78, 5) is 14.9. The summed E-state index contributed by atoms with van der Waals surface area (Å²) in [5.41, 5.74) is 0.826. The Labute approximate surface area is 173 Å². The van der Waals surface area contributed by atoms with Crippen LogP contribution in [0.3, 0.4) is 0 Å². The summed E-state index contributed by atoms with van der Waals surface area (Å²) in [5, 5.41) is 0. The van der Waals surface area contributed by atoms with E-state index >= 15 is 0 Å². The molecule has 3 fully saturated rings. The molecule has 0 aromatic heterocycles. The lowest BCUT2D eigenvalue weighted by Gasteiger charge is -2.41. The molecule has 2 atom stereocenters. The van der Waals surface area contributed by atoms with Crippen molar-refractivity contribution in [1.29, 1.82) is 0 Å². The predicted molar refractivity (Wildman–Crippen MR) is 112 cm³/mol. The lowest BCUT2D eigenvalue weighted by atomic mass is 9.75. The number of carbonyl (C=O) groups is 1. The van der Waals surface area contributed by atoms with E-state index in [4.69, 9.17) is 4.74 Å². The third-order valence-corrected chi connectivity index (χ3v) is 8.42. The molecule has 7 heteroatoms. The van der Waals surface area contributed by atoms with Gasteiger partial charge < -0.3 is 9.64 Å². The van der Waals surface area contributed by atoms with Crippen LogP contribution in [0.25, 0.3) is 6.08 Å². The Hall–Kier alpha value is -1.70. The van der Waals surface area contributed by atoms with Crippen LogP contribution >= 0.6 is 0 Å². The van der Waals surface area contributed by atoms with Gasteiger partial charge in [-0.3, -0.25) is 4.79 Å². The van der Waals surface area contributed by atoms with Crippen molar-refractivity contribution in [2.75, 3.05) is 39.4 Å². The maximum atomic E-state index is 12.7. The third-order valence-electron chi connectivity index (χ3n) is 6.51. The average molecular weight is 419 g/mol. The predicted octanol–water partition coefficient (Wildman–Crippen LogP) is 2.76. The first kappa shape index (κ1) is 20.6. The first-order valence-corrected chi connectivity index (χ1v) is 12.1. The molecular formula is C22H30N2O4S. The minimum Gasteiger partial charge on any atom is -0.379 e. The third kappa shape index (κ3) is 4.73. The molecule has 1 amide bonds. The topological polar surface area (TPSA) is 66.9 Å². The number of nitrogens with zero attached hydrogens (tertiary/aromatic N) is 2. The number of likely N-dealkylation sites (tertiary alicyclic amines) is 1. The van der Waals surface area contributed by atoms with Crippen molar-refractivity contribution in [3.8, 4) is 0 Å². The van der Waals surface area contributed by atoms with E-state index in [1.165, 1.54) is 30.0 Å². The van der Waals surface area contributed by atoms with Crippen LogP contribution in [0.5, 0.6) is 0 Å². The smallest absolute Gasteiger partial charge is 0.246 e. The van der Waals surface area contributed by atoms with Crippen LogP contribution < -0.4 is 0 Å². The molecule has 0 radical (unpaired) electrons. The van der Waals surface area contributed by atoms with E-state index in [0.29, 0.717) is 32.2 Å². The monoisotopic (exact) mass is 418 g/mol. The van der Waals surface area contributed by atoms with Gasteiger partial charge in [0.05, 0.1) is 18.1 Å². The summed E-state index contributed by atoms with van der Waals surface area (Å²) in [6, 6.07) is 6.74. The Morgan fingerprint density at radius 3 is 2.38 bits per heavy atom. The average Bonchev–Trinajstić information content (AvgIpc) is 2.78. The van der Waals surface area contributed by atoms with E-state index in [-0.39, 0.29) is 10.8 Å². The molecule has 2 saturated heterocycles. The van der Waals surface area contributed by atoms with Crippen LogP contribution in [-0.2, 0) is 19.6 Å². The summed E-state index contributed by atoms with van der Waals surface area (Å²) < 4.78 is 32.0. The Kier molecular flexibility index (Phi) is 6.37. The lowest BCUT2D eigenvalue weighted by Crippen LogP contribution is -2.44. The summed E-state index contributed by atoms with van der Waals surface area (Å²) >= 11 is 0. The van der Waals surface area contributed by atoms with Gasteiger partial charge in [-0.05, 0) is 48.4 Å². The van der Waals surface area contributed by atoms with E-state index in [2.05, 4.69) is 0 Å². The second-order valence-corrected chi connectivity index (χ2v) is 10.2. The van der Waals surface area contributed by atoms with Gasteiger partial charge >= 0.3 is 0 Å². The van der Waals surface area contributed by atoms with Crippen LogP contribution in [0.15, 0.2) is 35.2 Å². The highest BCUT2D eigenvalue weighted by Crippen LogP contribution is 2.36. The molecule has 2 heterocycles. The molecule has 0 bridgehead atoms. The van der Waals surface area contributed by atoms with Crippen molar-refractivity contribution in [3.05, 3.63) is 35.9 Å². The fraction of sp³-hybridized carbons (Fsp3) is 0.591. The van der Waals surface area contributed by atoms with Gasteiger partial charge in [0.1, 0.15) is 0 Å². The molecule has 4 rings (SSSR count). The minimum absolute atomic E-state index is 0.0547. The molecule has 158 valence electrons. The van der Waals surface area contributed by atoms with Crippen LogP contribution in [-0.4, -0.2) is 62.9 Å². The number of morpholine rings is 1. The summed E-state index contributed by atoms with van der Waals surface area (Å²) in [5.74, 6) is 1.52. The van der Waals surface area contributed by atoms with Gasteiger partial charge in [-0.2, -0.15) is 4.31 Å². The number of piperidine rings is 1. The molecule has 6 nitrogen and oxygen atoms in total. The Balaban J connectivity index is 1.37. The normalized spacial score (nSPS) is 26.4. The molecule has 0 unspecified atom stereocenters. The molecule has 0 spiro atoms. The lowest BCUT2D eigenvalue weighted by molar-refractivity contribution is -0.128. The molecule has 3 aliphatic rings. The second kappa shape index (κ2) is 8.98. The Morgan fingerprint density at radius 1 is 0.966 bits per heavy atom. The van der Waals surface area contributed by atoms with Gasteiger partial charge in [-0.15, -0.1) is 0 Å². The number of amides is 1. The van der Waals surface area contributed by atoms with Crippen LogP contribution in [0.4, 0.5) is 0 Å². The highest BCUT2D eigenvalue weighted by atomic mass is 32.2. The van der Waals surface area contributed by atoms with E-state index in [1.807, 2.05) is 4.90 Å². The van der Waals surface area contributed by atoms with E-state index < -0.39 is 10.0 Å². The molecular weight excluding hydrogens is 388 g/mol. The zero-order valence-electron chi connectivity index (χ0n) is 16.8. The SMILES string of the molecule is O=C(/C=C/c1ccc(S(=O)(=O)N2CCOCC2)cc1)N1CC[C@H]2CCCC[C@@H]2C1. The van der Waals surface area contributed by atoms with Gasteiger partial charge in [0.15, 0.2) is 0 Å². The standard InChI is InChI=1S/C22H30N2O4S/c25-22(23-12-11-19-3-1-2-4-20(19)17-23)10-7-18-5-8-21(9-6-18)29(26,27)24-13-15-28-16-14-24/h5-10,19-20H,1-4,11-17H2/b10-7+/t19-,20-/m1/s1. The molecule has 2 aliphatic heterocycles. The summed E-state index contributed by atoms with van der Waals surface area (Å²) in [7, 11) is -3.48. The number of ether oxygens (including phenoxy) is 1. The highest BCUT2D eigenvalue weighted by Gasteiger charge is 2.32. The first-order chi connectivity index (χ1) is 14.0. The molecule has 1 aromatic carbocycles. The van der Waals surface area contributed by atoms with Crippen molar-refractivity contribution < 1.29 is 17.9 Å². The van der Waals surface area contributed by atoms with E-state index in [0.717, 1.165) is 31.0 Å². The largest absolute Gasteiger partial charge is 0.379 e. The Bertz CT molecular complexity index is 844. The summed E-state index contributed by atoms with van der Waals surface area (Å²) in [6.07, 6.45) is 9.72. The van der Waals surface area contributed by atoms with Crippen LogP contribution in [0, 0.1) is 11.8 Å². The van der Waals surface area contributed by atoms with Gasteiger partial charge in [-0.25, -0.2) is 8.42 Å². The van der Waals surface area contributed by atoms with Crippen molar-refractivity contribution in [2.24, 2.45) is 11.8 Å². The number of carbonyl (C=O) groups excluding carboxylic acids is 1. The maximum Gasteiger partial charge on any atom is 0.246 e. The van der Waals surface area contributed by atoms with Crippen molar-refractivity contribution in [1.82, 2.24) is 9.21 Å². The van der Waals surface area contributed by atoms with Gasteiger partial charge in [0.2, 0.25) is 15.9 Å². The van der Waals surface area contributed by atoms with Crippen LogP contribution in [0.1, 0.15) is 37.7 Å². The van der Waals surface area contributed by atoms with Gasteiger partial charge in [-0.1, -0.05) is 31.4 Å². The van der Waals surface area contributed by atoms with Crippen molar-refractivity contribution >= 4 is 22.0 Å². The van der Waals surface area contributed by atoms with E-state index in [1.54, 1.807) is 36.4 Å². The molecule has 1 aromatic rings.